The molecule has 2 aliphatic heterocycles. The molecule has 3 heteroatoms. The molecule has 78 valence electrons. The number of carbonyl (C=O) groups excluding carboxylic acids is 1. The maximum Gasteiger partial charge on any atom is 0.169 e. The maximum absolute atomic E-state index is 11.9. The van der Waals surface area contributed by atoms with Crippen LogP contribution >= 0.6 is 0 Å². The molecule has 0 aromatic rings. The molecule has 0 radical (unpaired) electrons. The van der Waals surface area contributed by atoms with Crippen LogP contribution in [0, 0.1) is 5.92 Å². The van der Waals surface area contributed by atoms with E-state index in [1.807, 2.05) is 0 Å². The van der Waals surface area contributed by atoms with Gasteiger partial charge in [0.1, 0.15) is 6.10 Å². The maximum atomic E-state index is 11.9. The summed E-state index contributed by atoms with van der Waals surface area (Å²) in [6.45, 7) is 0.837. The number of hydrogen-bond donors (Lipinski definition) is 0. The minimum Gasteiger partial charge on any atom is -0.377 e. The van der Waals surface area contributed by atoms with Crippen LogP contribution in [-0.2, 0) is 14.3 Å². The van der Waals surface area contributed by atoms with Crippen molar-refractivity contribution in [2.45, 2.75) is 50.4 Å². The van der Waals surface area contributed by atoms with Crippen molar-refractivity contribution in [3.05, 3.63) is 0 Å². The Morgan fingerprint density at radius 2 is 2.00 bits per heavy atom. The standard InChI is InChI=1S/C11H16O3/c12-10-7(4-5-9-11(10)14-9)8-3-1-2-6-13-8/h7-9,11H,1-6H2. The number of epoxide rings is 1. The molecule has 3 aliphatic rings. The van der Waals surface area contributed by atoms with E-state index in [1.165, 1.54) is 6.42 Å². The largest absolute Gasteiger partial charge is 0.377 e. The summed E-state index contributed by atoms with van der Waals surface area (Å²) in [6, 6.07) is 0. The fourth-order valence-corrected chi connectivity index (χ4v) is 2.76. The number of ketones is 1. The molecule has 14 heavy (non-hydrogen) atoms. The highest BCUT2D eigenvalue weighted by atomic mass is 16.6. The quantitative estimate of drug-likeness (QED) is 0.593. The van der Waals surface area contributed by atoms with E-state index < -0.39 is 0 Å². The number of fused-ring (bicyclic) bond motifs is 1. The Hall–Kier alpha value is -0.410. The van der Waals surface area contributed by atoms with Crippen LogP contribution in [0.3, 0.4) is 0 Å². The molecule has 0 spiro atoms. The van der Waals surface area contributed by atoms with Gasteiger partial charge in [0.15, 0.2) is 5.78 Å². The average molecular weight is 196 g/mol. The van der Waals surface area contributed by atoms with Crippen molar-refractivity contribution in [3.8, 4) is 0 Å². The number of carbonyl (C=O) groups is 1. The van der Waals surface area contributed by atoms with Crippen molar-refractivity contribution in [1.82, 2.24) is 0 Å². The van der Waals surface area contributed by atoms with Gasteiger partial charge in [-0.05, 0) is 32.1 Å². The minimum absolute atomic E-state index is 0.0562. The van der Waals surface area contributed by atoms with Crippen LogP contribution in [0.15, 0.2) is 0 Å². The van der Waals surface area contributed by atoms with Crippen molar-refractivity contribution in [3.63, 3.8) is 0 Å². The number of ether oxygens (including phenoxy) is 2. The minimum atomic E-state index is -0.0562. The summed E-state index contributed by atoms with van der Waals surface area (Å²) < 4.78 is 11.0. The molecule has 2 saturated heterocycles. The summed E-state index contributed by atoms with van der Waals surface area (Å²) in [5, 5.41) is 0. The van der Waals surface area contributed by atoms with Gasteiger partial charge in [-0.3, -0.25) is 4.79 Å². The molecule has 4 atom stereocenters. The first-order valence-corrected chi connectivity index (χ1v) is 5.67. The Bertz CT molecular complexity index is 245. The van der Waals surface area contributed by atoms with Gasteiger partial charge in [-0.25, -0.2) is 0 Å². The van der Waals surface area contributed by atoms with E-state index in [9.17, 15) is 4.79 Å². The van der Waals surface area contributed by atoms with E-state index in [-0.39, 0.29) is 24.2 Å². The fraction of sp³-hybridized carbons (Fsp3) is 0.909. The van der Waals surface area contributed by atoms with Crippen LogP contribution in [0.25, 0.3) is 0 Å². The second-order valence-electron chi connectivity index (χ2n) is 4.59. The van der Waals surface area contributed by atoms with E-state index in [0.29, 0.717) is 5.78 Å². The smallest absolute Gasteiger partial charge is 0.169 e. The topological polar surface area (TPSA) is 38.8 Å². The van der Waals surface area contributed by atoms with Crippen molar-refractivity contribution in [1.29, 1.82) is 0 Å². The fourth-order valence-electron chi connectivity index (χ4n) is 2.76. The van der Waals surface area contributed by atoms with Crippen LogP contribution in [-0.4, -0.2) is 30.7 Å². The molecule has 1 aliphatic carbocycles. The molecule has 0 aromatic carbocycles. The molecule has 3 rings (SSSR count). The third-order valence-electron chi connectivity index (χ3n) is 3.65. The Morgan fingerprint density at radius 3 is 2.79 bits per heavy atom. The monoisotopic (exact) mass is 196 g/mol. The summed E-state index contributed by atoms with van der Waals surface area (Å²) in [5.74, 6) is 0.451. The third-order valence-corrected chi connectivity index (χ3v) is 3.65. The Balaban J connectivity index is 1.67. The highest BCUT2D eigenvalue weighted by Gasteiger charge is 2.52. The van der Waals surface area contributed by atoms with E-state index in [1.54, 1.807) is 0 Å². The van der Waals surface area contributed by atoms with Gasteiger partial charge >= 0.3 is 0 Å². The molecule has 4 unspecified atom stereocenters. The van der Waals surface area contributed by atoms with Gasteiger partial charge < -0.3 is 9.47 Å². The van der Waals surface area contributed by atoms with Crippen molar-refractivity contribution >= 4 is 5.78 Å². The van der Waals surface area contributed by atoms with Gasteiger partial charge in [0.25, 0.3) is 0 Å². The second kappa shape index (κ2) is 3.31. The van der Waals surface area contributed by atoms with Crippen LogP contribution in [0.1, 0.15) is 32.1 Å². The Labute approximate surface area is 83.8 Å². The van der Waals surface area contributed by atoms with E-state index in [2.05, 4.69) is 0 Å². The summed E-state index contributed by atoms with van der Waals surface area (Å²) in [4.78, 5) is 11.9. The first kappa shape index (κ1) is 8.86. The Morgan fingerprint density at radius 1 is 1.07 bits per heavy atom. The molecule has 0 aromatic heterocycles. The molecule has 2 heterocycles. The van der Waals surface area contributed by atoms with Gasteiger partial charge in [-0.2, -0.15) is 0 Å². The molecular weight excluding hydrogens is 180 g/mol. The van der Waals surface area contributed by atoms with E-state index >= 15 is 0 Å². The zero-order chi connectivity index (χ0) is 9.54. The van der Waals surface area contributed by atoms with Gasteiger partial charge in [0.2, 0.25) is 0 Å². The zero-order valence-electron chi connectivity index (χ0n) is 8.28. The van der Waals surface area contributed by atoms with Gasteiger partial charge in [-0.1, -0.05) is 0 Å². The highest BCUT2D eigenvalue weighted by molar-refractivity contribution is 5.89. The van der Waals surface area contributed by atoms with Crippen LogP contribution < -0.4 is 0 Å². The van der Waals surface area contributed by atoms with Crippen molar-refractivity contribution in [2.75, 3.05) is 6.61 Å². The van der Waals surface area contributed by atoms with Gasteiger partial charge in [0, 0.05) is 12.5 Å². The lowest BCUT2D eigenvalue weighted by atomic mass is 9.82. The van der Waals surface area contributed by atoms with E-state index in [4.69, 9.17) is 9.47 Å². The van der Waals surface area contributed by atoms with Crippen LogP contribution in [0.5, 0.6) is 0 Å². The molecule has 0 N–H and O–H groups in total. The highest BCUT2D eigenvalue weighted by Crippen LogP contribution is 2.40. The summed E-state index contributed by atoms with van der Waals surface area (Å²) in [5.41, 5.74) is 0. The number of hydrogen-bond acceptors (Lipinski definition) is 3. The second-order valence-corrected chi connectivity index (χ2v) is 4.59. The zero-order valence-corrected chi connectivity index (χ0v) is 8.28. The van der Waals surface area contributed by atoms with Crippen LogP contribution in [0.2, 0.25) is 0 Å². The first-order chi connectivity index (χ1) is 6.86. The summed E-state index contributed by atoms with van der Waals surface area (Å²) in [6.07, 6.45) is 5.87. The predicted octanol–water partition coefficient (Wildman–Crippen LogP) is 1.30. The lowest BCUT2D eigenvalue weighted by Crippen LogP contribution is -2.38. The van der Waals surface area contributed by atoms with E-state index in [0.717, 1.165) is 32.3 Å². The Kier molecular flexibility index (Phi) is 2.10. The summed E-state index contributed by atoms with van der Waals surface area (Å²) >= 11 is 0. The van der Waals surface area contributed by atoms with Crippen LogP contribution in [0.4, 0.5) is 0 Å². The SMILES string of the molecule is O=C1C(C2CCCCO2)CCC2OC12. The number of rotatable bonds is 1. The third kappa shape index (κ3) is 1.39. The van der Waals surface area contributed by atoms with Gasteiger partial charge in [0.05, 0.1) is 12.2 Å². The average Bonchev–Trinajstić information content (AvgIpc) is 3.00. The normalized spacial score (nSPS) is 47.3. The predicted molar refractivity (Wildman–Crippen MR) is 50.0 cm³/mol. The molecule has 3 nitrogen and oxygen atoms in total. The molecule has 0 amide bonds. The van der Waals surface area contributed by atoms with Gasteiger partial charge in [-0.15, -0.1) is 0 Å². The van der Waals surface area contributed by atoms with Crippen molar-refractivity contribution in [2.24, 2.45) is 5.92 Å². The number of Topliss-reactive ketones (excluding diaryl/α,β-unsaturated/α-hetero) is 1. The van der Waals surface area contributed by atoms with Crippen molar-refractivity contribution < 1.29 is 14.3 Å². The summed E-state index contributed by atoms with van der Waals surface area (Å²) in [7, 11) is 0. The molecule has 0 bridgehead atoms. The molecule has 1 saturated carbocycles. The lowest BCUT2D eigenvalue weighted by Gasteiger charge is -2.30. The lowest BCUT2D eigenvalue weighted by molar-refractivity contribution is -0.132. The first-order valence-electron chi connectivity index (χ1n) is 5.67. The molecular formula is C11H16O3. The molecule has 3 fully saturated rings.